The summed E-state index contributed by atoms with van der Waals surface area (Å²) in [5, 5.41) is 25.5. The number of H-pyrrole nitrogens is 1. The van der Waals surface area contributed by atoms with Crippen molar-refractivity contribution in [1.82, 2.24) is 9.97 Å². The molecular weight excluding hydrogens is 483 g/mol. The number of aromatic amines is 1. The summed E-state index contributed by atoms with van der Waals surface area (Å²) >= 11 is 0. The third-order valence-corrected chi connectivity index (χ3v) is 5.43. The Kier molecular flexibility index (Phi) is 14.2. The highest BCUT2D eigenvalue weighted by molar-refractivity contribution is 7.66. The monoisotopic (exact) mass is 503 g/mol. The number of rotatable bonds is 8. The number of nitrogens with zero attached hydrogens (tertiary/aromatic N) is 1. The lowest BCUT2D eigenvalue weighted by atomic mass is 10.2. The molecule has 0 aliphatic carbocycles. The van der Waals surface area contributed by atoms with E-state index in [2.05, 4.69) is 18.6 Å². The molecule has 2 unspecified atom stereocenters. The number of nitrogen functional groups attached to an aromatic ring is 1. The van der Waals surface area contributed by atoms with Crippen LogP contribution in [0.2, 0.25) is 0 Å². The normalized spacial score (nSPS) is 13.7. The molecule has 0 saturated carbocycles. The Balaban J connectivity index is 0. The van der Waals surface area contributed by atoms with Crippen LogP contribution in [0.25, 0.3) is 0 Å². The van der Waals surface area contributed by atoms with Crippen LogP contribution < -0.4 is 11.4 Å². The second-order valence-corrected chi connectivity index (χ2v) is 8.86. The molecule has 0 radical (unpaired) electrons. The number of hydrogen-bond donors (Lipinski definition) is 10. The summed E-state index contributed by atoms with van der Waals surface area (Å²) in [6.07, 6.45) is -0.529. The van der Waals surface area contributed by atoms with Gasteiger partial charge in [0.25, 0.3) is 0 Å². The third kappa shape index (κ3) is 19.9. The minimum Gasteiger partial charge on any atom is -0.394 e. The van der Waals surface area contributed by atoms with Gasteiger partial charge in [-0.2, -0.15) is 13.6 Å². The van der Waals surface area contributed by atoms with Gasteiger partial charge in [-0.05, 0) is 6.07 Å². The quantitative estimate of drug-likeness (QED) is 0.124. The topological polar surface area (TPSA) is 320 Å². The summed E-state index contributed by atoms with van der Waals surface area (Å²) in [4.78, 5) is 65.8. The Morgan fingerprint density at radius 1 is 1.07 bits per heavy atom. The van der Waals surface area contributed by atoms with Gasteiger partial charge in [0.15, 0.2) is 0 Å². The highest BCUT2D eigenvalue weighted by Crippen LogP contribution is 2.64. The summed E-state index contributed by atoms with van der Waals surface area (Å²) in [7, 11) is -16.2. The molecule has 0 fully saturated rings. The Morgan fingerprint density at radius 3 is 1.80 bits per heavy atom. The minimum absolute atomic E-state index is 0.137. The first-order chi connectivity index (χ1) is 13.4. The van der Waals surface area contributed by atoms with Crippen LogP contribution in [0.1, 0.15) is 6.42 Å². The highest BCUT2D eigenvalue weighted by atomic mass is 31.3. The molecule has 30 heavy (non-hydrogen) atoms. The molecule has 0 amide bonds. The highest BCUT2D eigenvalue weighted by Gasteiger charge is 2.38. The molecule has 11 N–H and O–H groups in total. The van der Waals surface area contributed by atoms with E-state index in [0.29, 0.717) is 6.29 Å². The van der Waals surface area contributed by atoms with Crippen molar-refractivity contribution in [2.45, 2.75) is 18.6 Å². The van der Waals surface area contributed by atoms with Gasteiger partial charge in [0.1, 0.15) is 18.2 Å². The van der Waals surface area contributed by atoms with Gasteiger partial charge in [-0.3, -0.25) is 0 Å². The maximum absolute atomic E-state index is 10.4. The molecule has 0 aliphatic rings. The van der Waals surface area contributed by atoms with Crippen molar-refractivity contribution in [2.75, 3.05) is 12.3 Å². The van der Waals surface area contributed by atoms with Crippen molar-refractivity contribution in [3.05, 3.63) is 22.7 Å². The first-order valence-electron chi connectivity index (χ1n) is 7.01. The molecule has 176 valence electrons. The third-order valence-electron chi connectivity index (χ3n) is 2.08. The van der Waals surface area contributed by atoms with Crippen molar-refractivity contribution >= 4 is 35.6 Å². The number of carbonyl (C=O) groups excluding carboxylic acids is 1. The molecule has 0 bridgehead atoms. The average molecular weight is 503 g/mol. The molecular formula is C9H20N3O15P3. The number of aldehydes is 1. The van der Waals surface area contributed by atoms with Gasteiger partial charge in [0, 0.05) is 12.6 Å². The van der Waals surface area contributed by atoms with Crippen LogP contribution in [-0.2, 0) is 27.1 Å². The summed E-state index contributed by atoms with van der Waals surface area (Å²) < 4.78 is 36.4. The lowest BCUT2D eigenvalue weighted by Crippen LogP contribution is -2.29. The van der Waals surface area contributed by atoms with Crippen molar-refractivity contribution < 1.29 is 66.9 Å². The maximum Gasteiger partial charge on any atom is 0.490 e. The fourth-order valence-corrected chi connectivity index (χ4v) is 3.58. The predicted octanol–water partition coefficient (Wildman–Crippen LogP) is -3.05. The van der Waals surface area contributed by atoms with Gasteiger partial charge in [-0.25, -0.2) is 18.5 Å². The number of carbonyl (C=O) groups is 1. The zero-order chi connectivity index (χ0) is 24.2. The zero-order valence-electron chi connectivity index (χ0n) is 14.6. The standard InChI is InChI=1S/C5H10O4.C4H5N3O.H5O10P3/c6-2-1-4(8)5(9)3-7;5-3-1-2-6-4(8)7-3;1-11(2,3)9-13(7,8)10-12(4,5)6/h2,4-5,7-9H,1,3H2;1-2H,(H3,5,6,7,8);(H,7,8)(H2,1,2,3)(H2,4,5,6). The predicted molar refractivity (Wildman–Crippen MR) is 95.1 cm³/mol. The number of aliphatic hydroxyl groups excluding tert-OH is 3. The van der Waals surface area contributed by atoms with Crippen molar-refractivity contribution in [2.24, 2.45) is 0 Å². The van der Waals surface area contributed by atoms with Gasteiger partial charge >= 0.3 is 29.2 Å². The Labute approximate surface area is 167 Å². The van der Waals surface area contributed by atoms with Crippen molar-refractivity contribution in [3.8, 4) is 0 Å². The SMILES string of the molecule is Nc1cc[nH]c(=O)n1.O=CCC(O)C(O)CO.O=P(O)(O)OP(=O)(O)OP(=O)(O)O. The summed E-state index contributed by atoms with van der Waals surface area (Å²) in [5.41, 5.74) is 4.72. The smallest absolute Gasteiger partial charge is 0.394 e. The molecule has 0 saturated heterocycles. The van der Waals surface area contributed by atoms with Crippen LogP contribution >= 0.6 is 23.5 Å². The number of hydrogen-bond acceptors (Lipinski definition) is 12. The Hall–Kier alpha value is -1.36. The molecule has 1 heterocycles. The van der Waals surface area contributed by atoms with Gasteiger partial charge in [0.05, 0.1) is 12.7 Å². The minimum atomic E-state index is -5.46. The number of aromatic nitrogens is 2. The van der Waals surface area contributed by atoms with E-state index in [-0.39, 0.29) is 12.2 Å². The lowest BCUT2D eigenvalue weighted by Gasteiger charge is -2.11. The second kappa shape index (κ2) is 13.8. The second-order valence-electron chi connectivity index (χ2n) is 4.65. The van der Waals surface area contributed by atoms with Crippen molar-refractivity contribution in [1.29, 1.82) is 0 Å². The van der Waals surface area contributed by atoms with E-state index in [1.807, 2.05) is 0 Å². The largest absolute Gasteiger partial charge is 0.490 e. The zero-order valence-corrected chi connectivity index (χ0v) is 17.3. The van der Waals surface area contributed by atoms with Gasteiger partial charge in [-0.15, -0.1) is 0 Å². The number of anilines is 1. The lowest BCUT2D eigenvalue weighted by molar-refractivity contribution is -0.111. The van der Waals surface area contributed by atoms with Gasteiger partial charge < -0.3 is 55.3 Å². The van der Waals surface area contributed by atoms with Crippen LogP contribution in [0.3, 0.4) is 0 Å². The van der Waals surface area contributed by atoms with Gasteiger partial charge in [-0.1, -0.05) is 0 Å². The van der Waals surface area contributed by atoms with E-state index >= 15 is 0 Å². The van der Waals surface area contributed by atoms with Gasteiger partial charge in [0.2, 0.25) is 0 Å². The first kappa shape index (κ1) is 30.8. The van der Waals surface area contributed by atoms with Crippen LogP contribution in [0.5, 0.6) is 0 Å². The number of nitrogens with two attached hydrogens (primary N) is 1. The fraction of sp³-hybridized carbons (Fsp3) is 0.444. The molecule has 18 nitrogen and oxygen atoms in total. The number of nitrogens with one attached hydrogen (secondary N) is 1. The van der Waals surface area contributed by atoms with Crippen molar-refractivity contribution in [3.63, 3.8) is 0 Å². The average Bonchev–Trinajstić information content (AvgIpc) is 2.50. The summed E-state index contributed by atoms with van der Waals surface area (Å²) in [6.45, 7) is -0.519. The summed E-state index contributed by atoms with van der Waals surface area (Å²) in [5.74, 6) is 0.244. The van der Waals surface area contributed by atoms with Crippen LogP contribution in [0, 0.1) is 0 Å². The van der Waals surface area contributed by atoms with E-state index in [1.165, 1.54) is 12.3 Å². The van der Waals surface area contributed by atoms with Crippen LogP contribution in [-0.4, -0.2) is 74.9 Å². The van der Waals surface area contributed by atoms with E-state index in [4.69, 9.17) is 45.5 Å². The molecule has 0 aromatic carbocycles. The summed E-state index contributed by atoms with van der Waals surface area (Å²) in [6, 6.07) is 1.52. The Morgan fingerprint density at radius 2 is 1.53 bits per heavy atom. The van der Waals surface area contributed by atoms with E-state index in [0.717, 1.165) is 0 Å². The number of aliphatic hydroxyl groups is 3. The van der Waals surface area contributed by atoms with E-state index in [1.54, 1.807) is 0 Å². The molecule has 1 aromatic rings. The van der Waals surface area contributed by atoms with Crippen LogP contribution in [0.4, 0.5) is 5.82 Å². The molecule has 21 heteroatoms. The molecule has 1 aromatic heterocycles. The number of phosphoric acid groups is 3. The molecule has 2 atom stereocenters. The Bertz CT molecular complexity index is 806. The van der Waals surface area contributed by atoms with Crippen LogP contribution in [0.15, 0.2) is 17.1 Å². The maximum atomic E-state index is 10.4. The first-order valence-corrected chi connectivity index (χ1v) is 11.6. The molecule has 0 aliphatic heterocycles. The molecule has 0 spiro atoms. The van der Waals surface area contributed by atoms with E-state index in [9.17, 15) is 23.3 Å². The fourth-order valence-electron chi connectivity index (χ4n) is 1.05. The van der Waals surface area contributed by atoms with E-state index < -0.39 is 48.0 Å². The molecule has 1 rings (SSSR count).